The van der Waals surface area contributed by atoms with Crippen LogP contribution in [0, 0.1) is 0 Å². The summed E-state index contributed by atoms with van der Waals surface area (Å²) >= 11 is 0. The average molecular weight is 361 g/mol. The van der Waals surface area contributed by atoms with Gasteiger partial charge >= 0.3 is 0 Å². The fourth-order valence-corrected chi connectivity index (χ4v) is 6.41. The minimum atomic E-state index is -1.89. The first kappa shape index (κ1) is 24.2. The second-order valence-corrected chi connectivity index (χ2v) is 10.9. The zero-order chi connectivity index (χ0) is 17.9. The largest absolute Gasteiger partial charge is 0.385 e. The van der Waals surface area contributed by atoms with Crippen LogP contribution in [0.15, 0.2) is 0 Å². The lowest BCUT2D eigenvalue weighted by molar-refractivity contribution is 0.192. The summed E-state index contributed by atoms with van der Waals surface area (Å²) in [6.45, 7) is 5.39. The van der Waals surface area contributed by atoms with E-state index in [2.05, 4.69) is 13.8 Å². The Morgan fingerprint density at radius 1 is 0.583 bits per heavy atom. The maximum atomic E-state index is 13.3. The van der Waals surface area contributed by atoms with Gasteiger partial charge in [-0.3, -0.25) is 0 Å². The molecular weight excluding hydrogens is 315 g/mol. The van der Waals surface area contributed by atoms with Crippen LogP contribution < -0.4 is 0 Å². The van der Waals surface area contributed by atoms with Gasteiger partial charge in [-0.1, -0.05) is 78.1 Å². The zero-order valence-corrected chi connectivity index (χ0v) is 17.9. The van der Waals surface area contributed by atoms with Gasteiger partial charge in [0.2, 0.25) is 0 Å². The first-order chi connectivity index (χ1) is 11.7. The van der Waals surface area contributed by atoms with Crippen molar-refractivity contribution in [3.05, 3.63) is 0 Å². The summed E-state index contributed by atoms with van der Waals surface area (Å²) in [6, 6.07) is 0. The Labute approximate surface area is 152 Å². The van der Waals surface area contributed by atoms with Gasteiger partial charge in [0.1, 0.15) is 0 Å². The number of unbranched alkanes of at least 4 members (excludes halogenated alkanes) is 11. The third-order valence-corrected chi connectivity index (χ3v) is 8.40. The molecule has 0 spiro atoms. The van der Waals surface area contributed by atoms with Crippen LogP contribution in [0.2, 0.25) is 0 Å². The molecular formula is C21H45O2P. The Bertz CT molecular complexity index is 276. The van der Waals surface area contributed by atoms with E-state index < -0.39 is 7.14 Å². The lowest BCUT2D eigenvalue weighted by atomic mass is 10.1. The standard InChI is InChI=1S/C21H45O2P/c1-4-6-8-15-19-24(22,20-16-9-7-5-2)21-17-13-11-10-12-14-18-23-3/h4-21H2,1-3H3. The van der Waals surface area contributed by atoms with Crippen LogP contribution in [-0.4, -0.2) is 32.2 Å². The second-order valence-electron chi connectivity index (χ2n) is 7.46. The minimum absolute atomic E-state index is 0.894. The van der Waals surface area contributed by atoms with Crippen molar-refractivity contribution in [3.63, 3.8) is 0 Å². The highest BCUT2D eigenvalue weighted by atomic mass is 31.2. The number of methoxy groups -OCH3 is 1. The summed E-state index contributed by atoms with van der Waals surface area (Å²) in [5, 5.41) is 0. The highest BCUT2D eigenvalue weighted by Crippen LogP contribution is 2.48. The molecule has 3 heteroatoms. The number of hydrogen-bond donors (Lipinski definition) is 0. The minimum Gasteiger partial charge on any atom is -0.385 e. The van der Waals surface area contributed by atoms with E-state index in [-0.39, 0.29) is 0 Å². The topological polar surface area (TPSA) is 26.3 Å². The fraction of sp³-hybridized carbons (Fsp3) is 1.00. The molecule has 0 aromatic carbocycles. The van der Waals surface area contributed by atoms with E-state index in [0.717, 1.165) is 25.1 Å². The Morgan fingerprint density at radius 3 is 1.38 bits per heavy atom. The van der Waals surface area contributed by atoms with Crippen LogP contribution in [0.5, 0.6) is 0 Å². The normalized spacial score (nSPS) is 12.0. The van der Waals surface area contributed by atoms with Gasteiger partial charge in [0.25, 0.3) is 0 Å². The van der Waals surface area contributed by atoms with Crippen molar-refractivity contribution < 1.29 is 9.30 Å². The molecule has 146 valence electrons. The first-order valence-electron chi connectivity index (χ1n) is 10.7. The summed E-state index contributed by atoms with van der Waals surface area (Å²) in [4.78, 5) is 0. The molecule has 0 unspecified atom stereocenters. The van der Waals surface area contributed by atoms with Crippen LogP contribution >= 0.6 is 7.14 Å². The second kappa shape index (κ2) is 18.0. The Balaban J connectivity index is 3.93. The highest BCUT2D eigenvalue weighted by Gasteiger charge is 2.20. The quantitative estimate of drug-likeness (QED) is 0.176. The maximum Gasteiger partial charge on any atom is 0.0877 e. The molecule has 0 saturated carbocycles. The van der Waals surface area contributed by atoms with E-state index in [1.807, 2.05) is 0 Å². The predicted octanol–water partition coefficient (Wildman–Crippen LogP) is 7.50. The van der Waals surface area contributed by atoms with E-state index in [1.165, 1.54) is 89.9 Å². The average Bonchev–Trinajstić information content (AvgIpc) is 2.58. The lowest BCUT2D eigenvalue weighted by Crippen LogP contribution is -2.02. The molecule has 0 radical (unpaired) electrons. The van der Waals surface area contributed by atoms with Gasteiger partial charge in [-0.05, 0) is 25.7 Å². The molecule has 2 nitrogen and oxygen atoms in total. The van der Waals surface area contributed by atoms with Crippen molar-refractivity contribution in [2.24, 2.45) is 0 Å². The molecule has 0 N–H and O–H groups in total. The van der Waals surface area contributed by atoms with E-state index in [0.29, 0.717) is 0 Å². The molecule has 0 aliphatic rings. The van der Waals surface area contributed by atoms with Gasteiger partial charge in [0, 0.05) is 32.2 Å². The van der Waals surface area contributed by atoms with Gasteiger partial charge in [-0.25, -0.2) is 0 Å². The maximum absolute atomic E-state index is 13.3. The lowest BCUT2D eigenvalue weighted by Gasteiger charge is -2.18. The van der Waals surface area contributed by atoms with Gasteiger partial charge in [-0.15, -0.1) is 0 Å². The van der Waals surface area contributed by atoms with E-state index >= 15 is 0 Å². The predicted molar refractivity (Wildman–Crippen MR) is 110 cm³/mol. The van der Waals surface area contributed by atoms with Gasteiger partial charge in [0.05, 0.1) is 7.14 Å². The SMILES string of the molecule is CCCCCCP(=O)(CCCCCC)CCCCCCCCOC. The third-order valence-electron chi connectivity index (χ3n) is 5.00. The molecule has 0 aliphatic heterocycles. The van der Waals surface area contributed by atoms with Crippen LogP contribution in [0.4, 0.5) is 0 Å². The molecule has 0 atom stereocenters. The summed E-state index contributed by atoms with van der Waals surface area (Å²) in [5.41, 5.74) is 0. The van der Waals surface area contributed by atoms with E-state index in [4.69, 9.17) is 4.74 Å². The molecule has 0 amide bonds. The number of ether oxygens (including phenoxy) is 1. The van der Waals surface area contributed by atoms with Crippen LogP contribution in [0.25, 0.3) is 0 Å². The smallest absolute Gasteiger partial charge is 0.0877 e. The summed E-state index contributed by atoms with van der Waals surface area (Å²) in [7, 11) is -0.110. The van der Waals surface area contributed by atoms with Gasteiger partial charge in [0.15, 0.2) is 0 Å². The van der Waals surface area contributed by atoms with Crippen molar-refractivity contribution in [3.8, 4) is 0 Å². The summed E-state index contributed by atoms with van der Waals surface area (Å²) in [5.74, 6) is 0. The Hall–Kier alpha value is 0.190. The summed E-state index contributed by atoms with van der Waals surface area (Å²) < 4.78 is 18.4. The van der Waals surface area contributed by atoms with E-state index in [1.54, 1.807) is 7.11 Å². The third kappa shape index (κ3) is 15.7. The molecule has 24 heavy (non-hydrogen) atoms. The highest BCUT2D eigenvalue weighted by molar-refractivity contribution is 7.63. The van der Waals surface area contributed by atoms with Crippen LogP contribution in [0.1, 0.15) is 104 Å². The van der Waals surface area contributed by atoms with Crippen LogP contribution in [0.3, 0.4) is 0 Å². The zero-order valence-electron chi connectivity index (χ0n) is 17.0. The van der Waals surface area contributed by atoms with Gasteiger partial charge in [-0.2, -0.15) is 0 Å². The number of rotatable bonds is 19. The molecule has 0 heterocycles. The Kier molecular flexibility index (Phi) is 18.1. The molecule has 0 fully saturated rings. The van der Waals surface area contributed by atoms with Crippen molar-refractivity contribution in [1.82, 2.24) is 0 Å². The van der Waals surface area contributed by atoms with Crippen molar-refractivity contribution >= 4 is 7.14 Å². The monoisotopic (exact) mass is 360 g/mol. The van der Waals surface area contributed by atoms with Crippen molar-refractivity contribution in [1.29, 1.82) is 0 Å². The van der Waals surface area contributed by atoms with Crippen molar-refractivity contribution in [2.75, 3.05) is 32.2 Å². The van der Waals surface area contributed by atoms with Gasteiger partial charge < -0.3 is 9.30 Å². The van der Waals surface area contributed by atoms with Crippen LogP contribution in [-0.2, 0) is 9.30 Å². The van der Waals surface area contributed by atoms with Crippen molar-refractivity contribution in [2.45, 2.75) is 104 Å². The molecule has 0 aromatic heterocycles. The molecule has 0 saturated heterocycles. The molecule has 0 rings (SSSR count). The Morgan fingerprint density at radius 2 is 0.958 bits per heavy atom. The van der Waals surface area contributed by atoms with E-state index in [9.17, 15) is 4.57 Å². The first-order valence-corrected chi connectivity index (χ1v) is 13.0. The number of hydrogen-bond acceptors (Lipinski definition) is 2. The molecule has 0 aromatic rings. The molecule has 0 bridgehead atoms. The fourth-order valence-electron chi connectivity index (χ4n) is 3.34. The molecule has 0 aliphatic carbocycles. The summed E-state index contributed by atoms with van der Waals surface area (Å²) in [6.07, 6.45) is 20.6.